The Bertz CT molecular complexity index is 822. The van der Waals surface area contributed by atoms with Gasteiger partial charge in [-0.2, -0.15) is 0 Å². The van der Waals surface area contributed by atoms with Crippen molar-refractivity contribution < 1.29 is 14.3 Å². The van der Waals surface area contributed by atoms with Crippen molar-refractivity contribution in [2.24, 2.45) is 0 Å². The summed E-state index contributed by atoms with van der Waals surface area (Å²) < 4.78 is 5.64. The van der Waals surface area contributed by atoms with Crippen LogP contribution in [0.15, 0.2) is 48.5 Å². The van der Waals surface area contributed by atoms with Crippen molar-refractivity contribution in [3.05, 3.63) is 59.1 Å². The summed E-state index contributed by atoms with van der Waals surface area (Å²) in [6.45, 7) is 1.23. The third kappa shape index (κ3) is 6.25. The molecule has 0 bridgehead atoms. The average Bonchev–Trinajstić information content (AvgIpc) is 3.47. The summed E-state index contributed by atoms with van der Waals surface area (Å²) in [6.07, 6.45) is 2.03. The summed E-state index contributed by atoms with van der Waals surface area (Å²) >= 11 is 5.85. The van der Waals surface area contributed by atoms with Gasteiger partial charge in [0.25, 0.3) is 5.91 Å². The first-order valence-electron chi connectivity index (χ1n) is 9.28. The van der Waals surface area contributed by atoms with Crippen LogP contribution in [-0.4, -0.2) is 49.5 Å². The number of halogens is 1. The molecule has 0 unspecified atom stereocenters. The van der Waals surface area contributed by atoms with Gasteiger partial charge in [0.15, 0.2) is 0 Å². The van der Waals surface area contributed by atoms with E-state index in [-0.39, 0.29) is 24.4 Å². The normalized spacial score (nSPS) is 13.2. The highest BCUT2D eigenvalue weighted by atomic mass is 35.5. The van der Waals surface area contributed by atoms with E-state index >= 15 is 0 Å². The van der Waals surface area contributed by atoms with E-state index in [9.17, 15) is 9.59 Å². The van der Waals surface area contributed by atoms with Gasteiger partial charge in [0.1, 0.15) is 12.4 Å². The smallest absolute Gasteiger partial charge is 0.253 e. The van der Waals surface area contributed by atoms with E-state index in [4.69, 9.17) is 16.3 Å². The molecule has 0 aliphatic heterocycles. The van der Waals surface area contributed by atoms with E-state index in [1.54, 1.807) is 48.5 Å². The average molecular weight is 402 g/mol. The van der Waals surface area contributed by atoms with Crippen LogP contribution in [0.5, 0.6) is 5.75 Å². The highest BCUT2D eigenvalue weighted by Gasteiger charge is 2.25. The number of nitrogens with one attached hydrogen (secondary N) is 2. The van der Waals surface area contributed by atoms with E-state index in [0.717, 1.165) is 18.6 Å². The van der Waals surface area contributed by atoms with Gasteiger partial charge in [-0.25, -0.2) is 0 Å². The van der Waals surface area contributed by atoms with E-state index in [2.05, 4.69) is 10.6 Å². The van der Waals surface area contributed by atoms with Crippen LogP contribution in [-0.2, 0) is 4.79 Å². The molecule has 0 saturated heterocycles. The molecule has 2 aromatic rings. The molecule has 3 rings (SSSR count). The first-order valence-corrected chi connectivity index (χ1v) is 9.66. The third-order valence-electron chi connectivity index (χ3n) is 4.33. The number of para-hydroxylation sites is 1. The molecule has 28 heavy (non-hydrogen) atoms. The SMILES string of the molecule is CN(CCOc1ccc(Cl)cc1)CC(=O)Nc1ccccc1C(=O)NC1CC1. The maximum atomic E-state index is 12.4. The summed E-state index contributed by atoms with van der Waals surface area (Å²) in [7, 11) is 1.84. The fourth-order valence-corrected chi connectivity index (χ4v) is 2.77. The molecule has 0 atom stereocenters. The van der Waals surface area contributed by atoms with Gasteiger partial charge in [-0.15, -0.1) is 0 Å². The second-order valence-corrected chi connectivity index (χ2v) is 7.32. The number of ether oxygens (including phenoxy) is 1. The second-order valence-electron chi connectivity index (χ2n) is 6.88. The standard InChI is InChI=1S/C21H24ClN3O3/c1-25(12-13-28-17-10-6-15(22)7-11-17)14-20(26)24-19-5-3-2-4-18(19)21(27)23-16-8-9-16/h2-7,10-11,16H,8-9,12-14H2,1H3,(H,23,27)(H,24,26). The molecule has 1 fully saturated rings. The quantitative estimate of drug-likeness (QED) is 0.677. The molecule has 148 valence electrons. The van der Waals surface area contributed by atoms with Gasteiger partial charge in [-0.1, -0.05) is 23.7 Å². The fourth-order valence-electron chi connectivity index (χ4n) is 2.65. The lowest BCUT2D eigenvalue weighted by Gasteiger charge is -2.17. The number of nitrogens with zero attached hydrogens (tertiary/aromatic N) is 1. The minimum absolute atomic E-state index is 0.150. The van der Waals surface area contributed by atoms with Crippen molar-refractivity contribution in [1.82, 2.24) is 10.2 Å². The molecule has 0 spiro atoms. The molecule has 1 saturated carbocycles. The molecule has 1 aliphatic rings. The van der Waals surface area contributed by atoms with Gasteiger partial charge >= 0.3 is 0 Å². The maximum Gasteiger partial charge on any atom is 0.253 e. The van der Waals surface area contributed by atoms with Gasteiger partial charge < -0.3 is 15.4 Å². The monoisotopic (exact) mass is 401 g/mol. The number of carbonyl (C=O) groups excluding carboxylic acids is 2. The molecular formula is C21H24ClN3O3. The van der Waals surface area contributed by atoms with E-state index in [1.165, 1.54) is 0 Å². The topological polar surface area (TPSA) is 70.7 Å². The first-order chi connectivity index (χ1) is 13.5. The fraction of sp³-hybridized carbons (Fsp3) is 0.333. The Labute approximate surface area is 169 Å². The summed E-state index contributed by atoms with van der Waals surface area (Å²) in [5.74, 6) is 0.404. The lowest BCUT2D eigenvalue weighted by Crippen LogP contribution is -2.34. The van der Waals surface area contributed by atoms with Crippen molar-refractivity contribution >= 4 is 29.1 Å². The summed E-state index contributed by atoms with van der Waals surface area (Å²) in [5, 5.41) is 6.44. The second kappa shape index (κ2) is 9.57. The van der Waals surface area contributed by atoms with E-state index < -0.39 is 0 Å². The molecule has 0 radical (unpaired) electrons. The Kier molecular flexibility index (Phi) is 6.90. The van der Waals surface area contributed by atoms with Crippen LogP contribution in [0.2, 0.25) is 5.02 Å². The molecule has 0 heterocycles. The van der Waals surface area contributed by atoms with Gasteiger partial charge in [-0.3, -0.25) is 14.5 Å². The lowest BCUT2D eigenvalue weighted by molar-refractivity contribution is -0.117. The Morgan fingerprint density at radius 3 is 2.57 bits per heavy atom. The predicted octanol–water partition coefficient (Wildman–Crippen LogP) is 3.18. The minimum atomic E-state index is -0.180. The largest absolute Gasteiger partial charge is 0.492 e. The van der Waals surface area contributed by atoms with Crippen LogP contribution < -0.4 is 15.4 Å². The van der Waals surface area contributed by atoms with Crippen LogP contribution in [0.1, 0.15) is 23.2 Å². The molecular weight excluding hydrogens is 378 g/mol. The summed E-state index contributed by atoms with van der Waals surface area (Å²) in [5.41, 5.74) is 1.01. The number of hydrogen-bond acceptors (Lipinski definition) is 4. The molecule has 2 amide bonds. The van der Waals surface area contributed by atoms with Crippen molar-refractivity contribution in [3.63, 3.8) is 0 Å². The van der Waals surface area contributed by atoms with Crippen LogP contribution in [0.3, 0.4) is 0 Å². The molecule has 6 nitrogen and oxygen atoms in total. The zero-order valence-electron chi connectivity index (χ0n) is 15.8. The van der Waals surface area contributed by atoms with Crippen LogP contribution in [0.4, 0.5) is 5.69 Å². The van der Waals surface area contributed by atoms with Crippen LogP contribution in [0, 0.1) is 0 Å². The summed E-state index contributed by atoms with van der Waals surface area (Å²) in [4.78, 5) is 26.5. The minimum Gasteiger partial charge on any atom is -0.492 e. The number of hydrogen-bond donors (Lipinski definition) is 2. The van der Waals surface area contributed by atoms with Crippen molar-refractivity contribution in [3.8, 4) is 5.75 Å². The Morgan fingerprint density at radius 2 is 1.86 bits per heavy atom. The number of carbonyl (C=O) groups is 2. The molecule has 2 aromatic carbocycles. The van der Waals surface area contributed by atoms with Crippen molar-refractivity contribution in [1.29, 1.82) is 0 Å². The zero-order chi connectivity index (χ0) is 19.9. The van der Waals surface area contributed by atoms with Crippen LogP contribution in [0.25, 0.3) is 0 Å². The highest BCUT2D eigenvalue weighted by molar-refractivity contribution is 6.30. The van der Waals surface area contributed by atoms with Gasteiger partial charge in [-0.05, 0) is 56.3 Å². The number of anilines is 1. The van der Waals surface area contributed by atoms with Gasteiger partial charge in [0.2, 0.25) is 5.91 Å². The van der Waals surface area contributed by atoms with Crippen LogP contribution >= 0.6 is 11.6 Å². The summed E-state index contributed by atoms with van der Waals surface area (Å²) in [6, 6.07) is 14.5. The van der Waals surface area contributed by atoms with Gasteiger partial charge in [0, 0.05) is 17.6 Å². The van der Waals surface area contributed by atoms with E-state index in [0.29, 0.717) is 29.4 Å². The van der Waals surface area contributed by atoms with Crippen molar-refractivity contribution in [2.75, 3.05) is 32.1 Å². The number of benzene rings is 2. The lowest BCUT2D eigenvalue weighted by atomic mass is 10.1. The van der Waals surface area contributed by atoms with Crippen molar-refractivity contribution in [2.45, 2.75) is 18.9 Å². The Hall–Kier alpha value is -2.57. The number of amides is 2. The third-order valence-corrected chi connectivity index (χ3v) is 4.58. The first kappa shape index (κ1) is 20.2. The Morgan fingerprint density at radius 1 is 1.14 bits per heavy atom. The molecule has 7 heteroatoms. The molecule has 0 aromatic heterocycles. The van der Waals surface area contributed by atoms with Gasteiger partial charge in [0.05, 0.1) is 17.8 Å². The number of rotatable bonds is 9. The highest BCUT2D eigenvalue weighted by Crippen LogP contribution is 2.21. The molecule has 1 aliphatic carbocycles. The Balaban J connectivity index is 1.45. The molecule has 2 N–H and O–H groups in total. The number of likely N-dealkylation sites (N-methyl/N-ethyl adjacent to an activating group) is 1. The maximum absolute atomic E-state index is 12.4. The van der Waals surface area contributed by atoms with E-state index in [1.807, 2.05) is 11.9 Å². The predicted molar refractivity (Wildman–Crippen MR) is 110 cm³/mol. The zero-order valence-corrected chi connectivity index (χ0v) is 16.5.